The Morgan fingerprint density at radius 3 is 2.14 bits per heavy atom. The van der Waals surface area contributed by atoms with Crippen LogP contribution in [0.4, 0.5) is 0 Å². The number of hydrogen-bond donors (Lipinski definition) is 0. The molecule has 3 aromatic rings. The first-order chi connectivity index (χ1) is 17.4. The van der Waals surface area contributed by atoms with E-state index >= 15 is 0 Å². The third-order valence-corrected chi connectivity index (χ3v) is 6.69. The third-order valence-electron chi connectivity index (χ3n) is 5.70. The standard InChI is InChI=1S/C28H34N2O5S/c1-21-11-12-26(36-21)19-30(18-22-9-6-5-7-10-22)27(31)20-29(13-8-14-33-2)28(32)23-15-24(34-3)17-25(16-23)35-4/h5-7,9-12,15-17H,8,13-14,18-20H2,1-4H3. The Morgan fingerprint density at radius 2 is 1.56 bits per heavy atom. The molecule has 0 radical (unpaired) electrons. The van der Waals surface area contributed by atoms with E-state index in [1.165, 1.54) is 19.1 Å². The zero-order chi connectivity index (χ0) is 25.9. The fraction of sp³-hybridized carbons (Fsp3) is 0.357. The van der Waals surface area contributed by atoms with Gasteiger partial charge in [-0.25, -0.2) is 0 Å². The Kier molecular flexibility index (Phi) is 10.3. The van der Waals surface area contributed by atoms with Crippen LogP contribution in [0.15, 0.2) is 60.7 Å². The summed E-state index contributed by atoms with van der Waals surface area (Å²) < 4.78 is 15.9. The van der Waals surface area contributed by atoms with Crippen molar-refractivity contribution in [2.24, 2.45) is 0 Å². The maximum Gasteiger partial charge on any atom is 0.254 e. The number of carbonyl (C=O) groups excluding carboxylic acids is 2. The second-order valence-electron chi connectivity index (χ2n) is 8.42. The van der Waals surface area contributed by atoms with Gasteiger partial charge in [0.1, 0.15) is 18.0 Å². The van der Waals surface area contributed by atoms with E-state index in [-0.39, 0.29) is 18.4 Å². The molecule has 192 valence electrons. The van der Waals surface area contributed by atoms with Gasteiger partial charge in [-0.15, -0.1) is 11.3 Å². The lowest BCUT2D eigenvalue weighted by molar-refractivity contribution is -0.133. The summed E-state index contributed by atoms with van der Waals surface area (Å²) in [4.78, 5) is 32.9. The molecular weight excluding hydrogens is 476 g/mol. The Balaban J connectivity index is 1.85. The van der Waals surface area contributed by atoms with Crippen LogP contribution in [-0.4, -0.2) is 62.6 Å². The molecule has 2 amide bonds. The fourth-order valence-corrected chi connectivity index (χ4v) is 4.73. The minimum atomic E-state index is -0.261. The zero-order valence-electron chi connectivity index (χ0n) is 21.4. The van der Waals surface area contributed by atoms with Crippen molar-refractivity contribution in [2.75, 3.05) is 41.0 Å². The number of methoxy groups -OCH3 is 3. The molecule has 0 saturated heterocycles. The highest BCUT2D eigenvalue weighted by atomic mass is 32.1. The summed E-state index contributed by atoms with van der Waals surface area (Å²) in [6.07, 6.45) is 0.611. The highest BCUT2D eigenvalue weighted by molar-refractivity contribution is 7.11. The van der Waals surface area contributed by atoms with Crippen LogP contribution >= 0.6 is 11.3 Å². The SMILES string of the molecule is COCCCN(CC(=O)N(Cc1ccccc1)Cc1ccc(C)s1)C(=O)c1cc(OC)cc(OC)c1. The van der Waals surface area contributed by atoms with Crippen LogP contribution in [0.5, 0.6) is 11.5 Å². The van der Waals surface area contributed by atoms with E-state index in [0.717, 1.165) is 10.4 Å². The lowest BCUT2D eigenvalue weighted by Crippen LogP contribution is -2.43. The molecule has 0 N–H and O–H groups in total. The van der Waals surface area contributed by atoms with E-state index in [9.17, 15) is 9.59 Å². The highest BCUT2D eigenvalue weighted by Crippen LogP contribution is 2.24. The highest BCUT2D eigenvalue weighted by Gasteiger charge is 2.24. The van der Waals surface area contributed by atoms with Crippen molar-refractivity contribution in [1.29, 1.82) is 0 Å². The summed E-state index contributed by atoms with van der Waals surface area (Å²) in [5.41, 5.74) is 1.44. The number of ether oxygens (including phenoxy) is 3. The van der Waals surface area contributed by atoms with Crippen molar-refractivity contribution >= 4 is 23.2 Å². The van der Waals surface area contributed by atoms with Crippen LogP contribution in [0.3, 0.4) is 0 Å². The summed E-state index contributed by atoms with van der Waals surface area (Å²) in [5, 5.41) is 0. The van der Waals surface area contributed by atoms with Crippen molar-refractivity contribution < 1.29 is 23.8 Å². The molecule has 36 heavy (non-hydrogen) atoms. The molecular formula is C28H34N2O5S. The molecule has 3 rings (SSSR count). The molecule has 0 unspecified atom stereocenters. The number of carbonyl (C=O) groups is 2. The quantitative estimate of drug-likeness (QED) is 0.310. The monoisotopic (exact) mass is 510 g/mol. The van der Waals surface area contributed by atoms with Gasteiger partial charge in [0, 0.05) is 48.2 Å². The molecule has 1 heterocycles. The molecule has 8 heteroatoms. The maximum atomic E-state index is 13.6. The van der Waals surface area contributed by atoms with Crippen LogP contribution in [0, 0.1) is 6.92 Å². The van der Waals surface area contributed by atoms with E-state index in [0.29, 0.717) is 49.7 Å². The molecule has 0 atom stereocenters. The van der Waals surface area contributed by atoms with Gasteiger partial charge in [-0.2, -0.15) is 0 Å². The van der Waals surface area contributed by atoms with Crippen LogP contribution in [0.2, 0.25) is 0 Å². The first-order valence-corrected chi connectivity index (χ1v) is 12.6. The van der Waals surface area contributed by atoms with E-state index in [1.807, 2.05) is 35.2 Å². The second-order valence-corrected chi connectivity index (χ2v) is 9.79. The molecule has 0 bridgehead atoms. The predicted octanol–water partition coefficient (Wildman–Crippen LogP) is 4.78. The van der Waals surface area contributed by atoms with Gasteiger partial charge in [-0.3, -0.25) is 9.59 Å². The van der Waals surface area contributed by atoms with Gasteiger partial charge in [-0.05, 0) is 43.2 Å². The summed E-state index contributed by atoms with van der Waals surface area (Å²) >= 11 is 1.67. The molecule has 0 aliphatic rings. The largest absolute Gasteiger partial charge is 0.497 e. The van der Waals surface area contributed by atoms with Crippen LogP contribution < -0.4 is 9.47 Å². The Labute approximate surface area is 217 Å². The van der Waals surface area contributed by atoms with Gasteiger partial charge in [0.2, 0.25) is 5.91 Å². The lowest BCUT2D eigenvalue weighted by atomic mass is 10.1. The molecule has 0 spiro atoms. The Morgan fingerprint density at radius 1 is 0.861 bits per heavy atom. The minimum absolute atomic E-state index is 0.0424. The number of aryl methyl sites for hydroxylation is 1. The summed E-state index contributed by atoms with van der Waals surface area (Å²) in [5.74, 6) is 0.646. The Bertz CT molecular complexity index is 1110. The van der Waals surface area contributed by atoms with Crippen molar-refractivity contribution in [2.45, 2.75) is 26.4 Å². The third kappa shape index (κ3) is 7.83. The molecule has 0 aliphatic heterocycles. The predicted molar refractivity (Wildman–Crippen MR) is 142 cm³/mol. The molecule has 0 saturated carbocycles. The number of hydrogen-bond acceptors (Lipinski definition) is 6. The number of benzene rings is 2. The van der Waals surface area contributed by atoms with Crippen molar-refractivity contribution in [3.8, 4) is 11.5 Å². The van der Waals surface area contributed by atoms with Crippen LogP contribution in [0.25, 0.3) is 0 Å². The average Bonchev–Trinajstić information content (AvgIpc) is 3.31. The van der Waals surface area contributed by atoms with Gasteiger partial charge in [0.15, 0.2) is 0 Å². The molecule has 1 aromatic heterocycles. The van der Waals surface area contributed by atoms with Crippen molar-refractivity contribution in [3.05, 3.63) is 81.5 Å². The Hall–Kier alpha value is -3.36. The minimum Gasteiger partial charge on any atom is -0.497 e. The number of amides is 2. The van der Waals surface area contributed by atoms with E-state index < -0.39 is 0 Å². The normalized spacial score (nSPS) is 10.7. The molecule has 2 aromatic carbocycles. The number of nitrogens with zero attached hydrogens (tertiary/aromatic N) is 2. The second kappa shape index (κ2) is 13.7. The lowest BCUT2D eigenvalue weighted by Gasteiger charge is -2.28. The first kappa shape index (κ1) is 27.2. The van der Waals surface area contributed by atoms with E-state index in [2.05, 4.69) is 19.1 Å². The fourth-order valence-electron chi connectivity index (χ4n) is 3.82. The zero-order valence-corrected chi connectivity index (χ0v) is 22.2. The van der Waals surface area contributed by atoms with Crippen molar-refractivity contribution in [3.63, 3.8) is 0 Å². The number of thiophene rings is 1. The van der Waals surface area contributed by atoms with Crippen LogP contribution in [-0.2, 0) is 22.6 Å². The maximum absolute atomic E-state index is 13.6. The van der Waals surface area contributed by atoms with E-state index in [1.54, 1.807) is 41.5 Å². The van der Waals surface area contributed by atoms with Gasteiger partial charge >= 0.3 is 0 Å². The van der Waals surface area contributed by atoms with Gasteiger partial charge in [0.05, 0.1) is 20.8 Å². The van der Waals surface area contributed by atoms with Gasteiger partial charge in [-0.1, -0.05) is 30.3 Å². The molecule has 0 fully saturated rings. The summed E-state index contributed by atoms with van der Waals surface area (Å²) in [6, 6.07) is 19.0. The van der Waals surface area contributed by atoms with Gasteiger partial charge in [0.25, 0.3) is 5.91 Å². The average molecular weight is 511 g/mol. The van der Waals surface area contributed by atoms with Gasteiger partial charge < -0.3 is 24.0 Å². The van der Waals surface area contributed by atoms with Crippen LogP contribution in [0.1, 0.15) is 32.1 Å². The molecule has 0 aliphatic carbocycles. The molecule has 7 nitrogen and oxygen atoms in total. The van der Waals surface area contributed by atoms with Crippen molar-refractivity contribution in [1.82, 2.24) is 9.80 Å². The number of rotatable bonds is 13. The summed E-state index contributed by atoms with van der Waals surface area (Å²) in [6.45, 7) is 3.83. The first-order valence-electron chi connectivity index (χ1n) is 11.8. The topological polar surface area (TPSA) is 68.3 Å². The summed E-state index contributed by atoms with van der Waals surface area (Å²) in [7, 11) is 4.70. The smallest absolute Gasteiger partial charge is 0.254 e. The van der Waals surface area contributed by atoms with E-state index in [4.69, 9.17) is 14.2 Å².